The molecule has 0 aromatic heterocycles. The summed E-state index contributed by atoms with van der Waals surface area (Å²) in [6.45, 7) is 10.9. The van der Waals surface area contributed by atoms with Crippen LogP contribution >= 0.6 is 0 Å². The molecule has 21 heavy (non-hydrogen) atoms. The molecule has 0 amide bonds. The van der Waals surface area contributed by atoms with Crippen molar-refractivity contribution in [2.75, 3.05) is 13.7 Å². The van der Waals surface area contributed by atoms with E-state index in [0.717, 1.165) is 18.6 Å². The highest BCUT2D eigenvalue weighted by molar-refractivity contribution is 5.31. The zero-order valence-electron chi connectivity index (χ0n) is 14.4. The molecule has 3 nitrogen and oxygen atoms in total. The van der Waals surface area contributed by atoms with Crippen molar-refractivity contribution in [2.45, 2.75) is 64.5 Å². The highest BCUT2D eigenvalue weighted by Gasteiger charge is 2.24. The minimum Gasteiger partial charge on any atom is -0.491 e. The Morgan fingerprint density at radius 3 is 2.19 bits per heavy atom. The lowest BCUT2D eigenvalue weighted by Gasteiger charge is -2.30. The van der Waals surface area contributed by atoms with Crippen molar-refractivity contribution in [3.63, 3.8) is 0 Å². The standard InChI is InChI=1S/C18H31NO2/c1-7-17(3,4)15-8-10-16(11-9-15)21-14(2)12-18(5,13-20)19-6/h8-11,14,19-20H,7,12-13H2,1-6H3. The molecule has 2 unspecified atom stereocenters. The monoisotopic (exact) mass is 293 g/mol. The summed E-state index contributed by atoms with van der Waals surface area (Å²) >= 11 is 0. The first-order valence-electron chi connectivity index (χ1n) is 7.83. The molecule has 2 atom stereocenters. The third-order valence-corrected chi connectivity index (χ3v) is 4.55. The Morgan fingerprint density at radius 1 is 1.19 bits per heavy atom. The summed E-state index contributed by atoms with van der Waals surface area (Å²) in [7, 11) is 1.87. The van der Waals surface area contributed by atoms with Crippen molar-refractivity contribution >= 4 is 0 Å². The first-order valence-corrected chi connectivity index (χ1v) is 7.83. The fourth-order valence-electron chi connectivity index (χ4n) is 2.34. The van der Waals surface area contributed by atoms with Crippen molar-refractivity contribution in [1.29, 1.82) is 0 Å². The molecular weight excluding hydrogens is 262 g/mol. The Morgan fingerprint density at radius 2 is 1.76 bits per heavy atom. The van der Waals surface area contributed by atoms with Gasteiger partial charge in [0.2, 0.25) is 0 Å². The zero-order valence-corrected chi connectivity index (χ0v) is 14.4. The molecule has 3 heteroatoms. The largest absolute Gasteiger partial charge is 0.491 e. The Labute approximate surface area is 129 Å². The van der Waals surface area contributed by atoms with Crippen LogP contribution in [0.4, 0.5) is 0 Å². The second kappa shape index (κ2) is 7.28. The SMILES string of the molecule is CCC(C)(C)c1ccc(OC(C)CC(C)(CO)NC)cc1. The first-order chi connectivity index (χ1) is 9.76. The van der Waals surface area contributed by atoms with Crippen LogP contribution in [0.2, 0.25) is 0 Å². The van der Waals surface area contributed by atoms with Crippen LogP contribution in [0.15, 0.2) is 24.3 Å². The summed E-state index contributed by atoms with van der Waals surface area (Å²) < 4.78 is 5.96. The summed E-state index contributed by atoms with van der Waals surface area (Å²) in [6.07, 6.45) is 1.91. The molecule has 0 heterocycles. The van der Waals surface area contributed by atoms with Gasteiger partial charge in [-0.1, -0.05) is 32.9 Å². The van der Waals surface area contributed by atoms with Crippen LogP contribution in [0.1, 0.15) is 53.0 Å². The first kappa shape index (κ1) is 18.0. The molecule has 0 saturated carbocycles. The number of aliphatic hydroxyl groups is 1. The van der Waals surface area contributed by atoms with E-state index in [2.05, 4.69) is 38.2 Å². The molecule has 0 aliphatic rings. The van der Waals surface area contributed by atoms with Gasteiger partial charge >= 0.3 is 0 Å². The van der Waals surface area contributed by atoms with Gasteiger partial charge in [0.1, 0.15) is 5.75 Å². The number of hydrogen-bond donors (Lipinski definition) is 2. The van der Waals surface area contributed by atoms with Gasteiger partial charge in [0.15, 0.2) is 0 Å². The average molecular weight is 293 g/mol. The van der Waals surface area contributed by atoms with E-state index >= 15 is 0 Å². The highest BCUT2D eigenvalue weighted by Crippen LogP contribution is 2.28. The Kier molecular flexibility index (Phi) is 6.24. The fourth-order valence-corrected chi connectivity index (χ4v) is 2.34. The lowest BCUT2D eigenvalue weighted by molar-refractivity contribution is 0.115. The van der Waals surface area contributed by atoms with Crippen molar-refractivity contribution in [3.8, 4) is 5.75 Å². The summed E-state index contributed by atoms with van der Waals surface area (Å²) in [5.41, 5.74) is 1.23. The van der Waals surface area contributed by atoms with Gasteiger partial charge in [-0.2, -0.15) is 0 Å². The molecule has 1 rings (SSSR count). The van der Waals surface area contributed by atoms with Gasteiger partial charge in [-0.3, -0.25) is 0 Å². The maximum Gasteiger partial charge on any atom is 0.119 e. The number of benzene rings is 1. The Hall–Kier alpha value is -1.06. The van der Waals surface area contributed by atoms with Crippen LogP contribution in [0, 0.1) is 0 Å². The fraction of sp³-hybridized carbons (Fsp3) is 0.667. The van der Waals surface area contributed by atoms with Gasteiger partial charge in [-0.05, 0) is 50.4 Å². The molecule has 120 valence electrons. The van der Waals surface area contributed by atoms with E-state index in [9.17, 15) is 5.11 Å². The van der Waals surface area contributed by atoms with Gasteiger partial charge in [-0.25, -0.2) is 0 Å². The van der Waals surface area contributed by atoms with Crippen LogP contribution in [0.25, 0.3) is 0 Å². The maximum absolute atomic E-state index is 9.44. The van der Waals surface area contributed by atoms with Crippen LogP contribution in [0.5, 0.6) is 5.75 Å². The summed E-state index contributed by atoms with van der Waals surface area (Å²) in [5.74, 6) is 0.884. The third kappa shape index (κ3) is 5.01. The number of nitrogens with one attached hydrogen (secondary N) is 1. The van der Waals surface area contributed by atoms with Crippen molar-refractivity contribution in [1.82, 2.24) is 5.32 Å². The molecule has 0 radical (unpaired) electrons. The number of hydrogen-bond acceptors (Lipinski definition) is 3. The van der Waals surface area contributed by atoms with Crippen LogP contribution < -0.4 is 10.1 Å². The molecule has 0 fully saturated rings. The minimum atomic E-state index is -0.302. The van der Waals surface area contributed by atoms with E-state index in [0.29, 0.717) is 0 Å². The van der Waals surface area contributed by atoms with Crippen LogP contribution in [-0.4, -0.2) is 30.4 Å². The van der Waals surface area contributed by atoms with E-state index in [1.807, 2.05) is 33.0 Å². The minimum absolute atomic E-state index is 0.0413. The van der Waals surface area contributed by atoms with Crippen molar-refractivity contribution in [2.24, 2.45) is 0 Å². The number of aliphatic hydroxyl groups excluding tert-OH is 1. The van der Waals surface area contributed by atoms with E-state index in [-0.39, 0.29) is 23.7 Å². The molecule has 0 aliphatic carbocycles. The molecule has 0 spiro atoms. The van der Waals surface area contributed by atoms with E-state index in [1.54, 1.807) is 0 Å². The van der Waals surface area contributed by atoms with Gasteiger partial charge in [0.05, 0.1) is 12.7 Å². The molecule has 0 bridgehead atoms. The Bertz CT molecular complexity index is 421. The predicted molar refractivity (Wildman–Crippen MR) is 89.0 cm³/mol. The van der Waals surface area contributed by atoms with Gasteiger partial charge < -0.3 is 15.2 Å². The molecule has 1 aromatic rings. The van der Waals surface area contributed by atoms with Gasteiger partial charge in [0.25, 0.3) is 0 Å². The second-order valence-corrected chi connectivity index (χ2v) is 6.86. The van der Waals surface area contributed by atoms with Crippen molar-refractivity contribution < 1.29 is 9.84 Å². The molecule has 0 saturated heterocycles. The average Bonchev–Trinajstić information content (AvgIpc) is 2.47. The lowest BCUT2D eigenvalue weighted by Crippen LogP contribution is -2.46. The number of likely N-dealkylation sites (N-methyl/N-ethyl adjacent to an activating group) is 1. The molecule has 2 N–H and O–H groups in total. The quantitative estimate of drug-likeness (QED) is 0.771. The lowest BCUT2D eigenvalue weighted by atomic mass is 9.82. The van der Waals surface area contributed by atoms with E-state index in [1.165, 1.54) is 5.56 Å². The van der Waals surface area contributed by atoms with Crippen LogP contribution in [-0.2, 0) is 5.41 Å². The van der Waals surface area contributed by atoms with E-state index < -0.39 is 0 Å². The molecular formula is C18H31NO2. The summed E-state index contributed by atoms with van der Waals surface area (Å²) in [4.78, 5) is 0. The number of rotatable bonds is 8. The van der Waals surface area contributed by atoms with Crippen molar-refractivity contribution in [3.05, 3.63) is 29.8 Å². The normalized spacial score (nSPS) is 16.3. The van der Waals surface area contributed by atoms with Gasteiger partial charge in [-0.15, -0.1) is 0 Å². The second-order valence-electron chi connectivity index (χ2n) is 6.86. The van der Waals surface area contributed by atoms with E-state index in [4.69, 9.17) is 4.74 Å². The van der Waals surface area contributed by atoms with Gasteiger partial charge in [0, 0.05) is 12.0 Å². The smallest absolute Gasteiger partial charge is 0.119 e. The zero-order chi connectivity index (χ0) is 16.1. The molecule has 1 aromatic carbocycles. The number of ether oxygens (including phenoxy) is 1. The maximum atomic E-state index is 9.44. The third-order valence-electron chi connectivity index (χ3n) is 4.55. The van der Waals surface area contributed by atoms with Crippen LogP contribution in [0.3, 0.4) is 0 Å². The summed E-state index contributed by atoms with van der Waals surface area (Å²) in [5, 5.41) is 12.6. The Balaban J connectivity index is 2.68. The predicted octanol–water partition coefficient (Wildman–Crippen LogP) is 3.50. The summed E-state index contributed by atoms with van der Waals surface area (Å²) in [6, 6.07) is 8.38. The molecule has 0 aliphatic heterocycles. The highest BCUT2D eigenvalue weighted by atomic mass is 16.5. The topological polar surface area (TPSA) is 41.5 Å².